The molecule has 0 bridgehead atoms. The van der Waals surface area contributed by atoms with E-state index < -0.39 is 36.2 Å². The average molecular weight is 1330 g/mol. The summed E-state index contributed by atoms with van der Waals surface area (Å²) in [5, 5.41) is 8.91. The fraction of sp³-hybridized carbons (Fsp3) is 0.0714. The third kappa shape index (κ3) is 11.2. The summed E-state index contributed by atoms with van der Waals surface area (Å²) in [4.78, 5) is 58.9. The lowest BCUT2D eigenvalue weighted by atomic mass is 9.75. The molecule has 480 valence electrons. The average Bonchev–Trinajstić information content (AvgIpc) is 1.68. The highest BCUT2D eigenvalue weighted by Gasteiger charge is 2.52. The standard InChI is InChI=1S/C44H38N2O2P.C38H28N2O4PS.2CH3/c1-43(2)29-44(3,30-19-21-31(45)22-20-30)39-26-23-32(27-40(39)43)46-41(47)37-25-24-36(28-38(37)42(46)48)49(33-13-7-4-8-14-33,34-15-9-5-10-16-34)35-17-11-6-12-18-35;39-27-16-21-33(22-17-27)46(43,44)34-23-18-28(19-24-34)40-37(41)35-25-20-32(26-36(35)38(40)42)45(29-10-4-1-5-11-29,30-12-6-2-7-13-30)31-14-8-3-9-15-31;;/h4-28H,29,45H2,1-3H3;1-26H,39H2;2*1H3/q2*+1;2*-1. The molecule has 97 heavy (non-hydrogen) atoms. The molecule has 13 heteroatoms. The van der Waals surface area contributed by atoms with Crippen LogP contribution in [0.2, 0.25) is 0 Å². The minimum absolute atomic E-state index is 0. The first-order valence-electron chi connectivity index (χ1n) is 31.4. The number of carbonyl (C=O) groups excluding carboxylic acids is 4. The predicted octanol–water partition coefficient (Wildman–Crippen LogP) is 14.1. The van der Waals surface area contributed by atoms with Crippen LogP contribution in [0.3, 0.4) is 0 Å². The Labute approximate surface area is 569 Å². The van der Waals surface area contributed by atoms with E-state index in [-0.39, 0.29) is 47.3 Å². The lowest BCUT2D eigenvalue weighted by molar-refractivity contribution is 0.0910. The van der Waals surface area contributed by atoms with Gasteiger partial charge >= 0.3 is 0 Å². The van der Waals surface area contributed by atoms with Crippen LogP contribution in [0.25, 0.3) is 0 Å². The fourth-order valence-electron chi connectivity index (χ4n) is 14.5. The van der Waals surface area contributed by atoms with Crippen LogP contribution in [0.15, 0.2) is 319 Å². The van der Waals surface area contributed by atoms with Gasteiger partial charge in [0, 0.05) is 16.8 Å². The first-order valence-corrected chi connectivity index (χ1v) is 36.4. The van der Waals surface area contributed by atoms with Crippen LogP contribution in [-0.4, -0.2) is 32.0 Å². The Bertz CT molecular complexity index is 4870. The van der Waals surface area contributed by atoms with Crippen molar-refractivity contribution in [3.8, 4) is 0 Å². The number of rotatable bonds is 13. The number of hydrogen-bond acceptors (Lipinski definition) is 8. The second-order valence-electron chi connectivity index (χ2n) is 25.0. The summed E-state index contributed by atoms with van der Waals surface area (Å²) >= 11 is 0. The summed E-state index contributed by atoms with van der Waals surface area (Å²) in [7, 11) is -8.75. The van der Waals surface area contributed by atoms with Crippen molar-refractivity contribution in [3.63, 3.8) is 0 Å². The molecule has 0 radical (unpaired) electrons. The quantitative estimate of drug-likeness (QED) is 0.0499. The summed E-state index contributed by atoms with van der Waals surface area (Å²) in [6, 6.07) is 100. The number of anilines is 4. The van der Waals surface area contributed by atoms with E-state index in [4.69, 9.17) is 11.5 Å². The van der Waals surface area contributed by atoms with Gasteiger partial charge < -0.3 is 26.3 Å². The van der Waals surface area contributed by atoms with E-state index >= 15 is 0 Å². The summed E-state index contributed by atoms with van der Waals surface area (Å²) in [6.45, 7) is 6.76. The monoisotopic (exact) mass is 1330 g/mol. The third-order valence-electron chi connectivity index (χ3n) is 18.9. The molecule has 1 unspecified atom stereocenters. The second kappa shape index (κ2) is 26.2. The van der Waals surface area contributed by atoms with Crippen LogP contribution in [0.1, 0.15) is 85.3 Å². The van der Waals surface area contributed by atoms with Gasteiger partial charge in [-0.2, -0.15) is 0 Å². The molecular weight excluding hydrogens is 1250 g/mol. The number of fused-ring (bicyclic) bond motifs is 3. The molecule has 4 amide bonds. The minimum Gasteiger partial charge on any atom is -0.399 e. The summed E-state index contributed by atoms with van der Waals surface area (Å²) in [5.74, 6) is -1.48. The molecule has 0 aromatic heterocycles. The molecule has 4 N–H and O–H groups in total. The zero-order chi connectivity index (χ0) is 65.9. The third-order valence-corrected chi connectivity index (χ3v) is 29.2. The molecule has 2 heterocycles. The summed E-state index contributed by atoms with van der Waals surface area (Å²) < 4.78 is 26.4. The number of nitrogens with two attached hydrogens (primary N) is 2. The molecule has 0 saturated heterocycles. The Balaban J connectivity index is 0.000000182. The van der Waals surface area contributed by atoms with Gasteiger partial charge in [0.25, 0.3) is 23.6 Å². The van der Waals surface area contributed by atoms with Gasteiger partial charge in [-0.1, -0.05) is 148 Å². The van der Waals surface area contributed by atoms with Crippen LogP contribution >= 0.6 is 14.5 Å². The van der Waals surface area contributed by atoms with Crippen LogP contribution in [0.5, 0.6) is 0 Å². The number of hydrogen-bond donors (Lipinski definition) is 2. The van der Waals surface area contributed by atoms with Gasteiger partial charge in [-0.3, -0.25) is 19.2 Å². The first-order chi connectivity index (χ1) is 46.0. The molecule has 0 saturated carbocycles. The second-order valence-corrected chi connectivity index (χ2v) is 33.8. The minimum atomic E-state index is -3.82. The number of amides is 4. The van der Waals surface area contributed by atoms with E-state index in [1.807, 2.05) is 115 Å². The molecule has 15 rings (SSSR count). The number of imide groups is 2. The smallest absolute Gasteiger partial charge is 0.266 e. The molecule has 2 aliphatic heterocycles. The van der Waals surface area contributed by atoms with E-state index in [1.54, 1.807) is 6.07 Å². The zero-order valence-corrected chi connectivity index (χ0v) is 57.1. The van der Waals surface area contributed by atoms with Crippen molar-refractivity contribution in [1.82, 2.24) is 0 Å². The van der Waals surface area contributed by atoms with Gasteiger partial charge in [0.1, 0.15) is 57.0 Å². The lowest BCUT2D eigenvalue weighted by Gasteiger charge is -2.28. The van der Waals surface area contributed by atoms with Gasteiger partial charge in [0.2, 0.25) is 9.84 Å². The van der Waals surface area contributed by atoms with E-state index in [9.17, 15) is 27.6 Å². The van der Waals surface area contributed by atoms with Crippen molar-refractivity contribution in [2.45, 2.75) is 47.8 Å². The fourth-order valence-corrected chi connectivity index (χ4v) is 24.3. The van der Waals surface area contributed by atoms with Crippen molar-refractivity contribution in [1.29, 1.82) is 0 Å². The molecular formula is C84H72N4O6P2S. The van der Waals surface area contributed by atoms with Crippen LogP contribution in [-0.2, 0) is 20.7 Å². The number of benzene rings is 12. The van der Waals surface area contributed by atoms with Crippen molar-refractivity contribution in [2.75, 3.05) is 21.3 Å². The molecule has 10 nitrogen and oxygen atoms in total. The molecule has 1 atom stereocenters. The Kier molecular flexibility index (Phi) is 17.9. The normalized spacial score (nSPS) is 15.3. The number of carbonyl (C=O) groups is 4. The number of sulfone groups is 1. The van der Waals surface area contributed by atoms with E-state index in [0.717, 1.165) is 49.1 Å². The summed E-state index contributed by atoms with van der Waals surface area (Å²) in [6.07, 6.45) is 0.901. The topological polar surface area (TPSA) is 161 Å². The van der Waals surface area contributed by atoms with Crippen LogP contribution < -0.4 is 63.7 Å². The highest BCUT2D eigenvalue weighted by molar-refractivity contribution is 8.02. The van der Waals surface area contributed by atoms with E-state index in [0.29, 0.717) is 39.3 Å². The largest absolute Gasteiger partial charge is 0.399 e. The molecule has 0 spiro atoms. The zero-order valence-electron chi connectivity index (χ0n) is 54.5. The van der Waals surface area contributed by atoms with Gasteiger partial charge in [0.05, 0.1) is 43.4 Å². The van der Waals surface area contributed by atoms with Gasteiger partial charge in [-0.25, -0.2) is 18.2 Å². The first kappa shape index (κ1) is 66.4. The van der Waals surface area contributed by atoms with E-state index in [2.05, 4.69) is 160 Å². The van der Waals surface area contributed by atoms with Crippen molar-refractivity contribution >= 4 is 113 Å². The molecule has 0 fully saturated rings. The van der Waals surface area contributed by atoms with Crippen molar-refractivity contribution in [3.05, 3.63) is 363 Å². The van der Waals surface area contributed by atoms with Gasteiger partial charge in [-0.05, 0) is 211 Å². The molecule has 12 aromatic carbocycles. The maximum Gasteiger partial charge on any atom is 0.266 e. The Morgan fingerprint density at radius 2 is 0.639 bits per heavy atom. The van der Waals surface area contributed by atoms with Gasteiger partial charge in [0.15, 0.2) is 0 Å². The van der Waals surface area contributed by atoms with Crippen molar-refractivity contribution in [2.24, 2.45) is 0 Å². The van der Waals surface area contributed by atoms with Gasteiger partial charge in [-0.15, -0.1) is 0 Å². The molecule has 1 aliphatic carbocycles. The number of nitrogen functional groups attached to an aromatic ring is 2. The number of nitrogens with zero attached hydrogens (tertiary/aromatic N) is 2. The van der Waals surface area contributed by atoms with E-state index in [1.165, 1.54) is 80.5 Å². The maximum atomic E-state index is 14.4. The lowest BCUT2D eigenvalue weighted by Crippen LogP contribution is -2.38. The van der Waals surface area contributed by atoms with Crippen LogP contribution in [0.4, 0.5) is 22.7 Å². The SMILES string of the molecule is CC1(C)CC(C)(c2ccc(N)cc2)c2ccc(N3C(=O)c4ccc([P+](c5ccccc5)(c5ccccc5)c5ccccc5)cc4C3=O)cc21.Nc1ccc(S(=O)(=O)c2ccc(N3C(=O)c4ccc([P+](c5ccccc5)(c5ccccc5)c5ccccc5)cc4C3=O)cc2)cc1.[CH3-].[CH3-]. The molecule has 12 aromatic rings. The van der Waals surface area contributed by atoms with Crippen LogP contribution in [0, 0.1) is 14.9 Å². The highest BCUT2D eigenvalue weighted by atomic mass is 32.2. The molecule has 3 aliphatic rings. The predicted molar refractivity (Wildman–Crippen MR) is 402 cm³/mol. The Morgan fingerprint density at radius 1 is 0.330 bits per heavy atom. The van der Waals surface area contributed by atoms with Crippen molar-refractivity contribution < 1.29 is 27.6 Å². The maximum absolute atomic E-state index is 14.4. The Morgan fingerprint density at radius 3 is 1.00 bits per heavy atom. The highest BCUT2D eigenvalue weighted by Crippen LogP contribution is 2.57. The summed E-state index contributed by atoms with van der Waals surface area (Å²) in [5.41, 5.74) is 18.5. The Hall–Kier alpha value is -10.7.